The van der Waals surface area contributed by atoms with Crippen LogP contribution in [0.25, 0.3) is 0 Å². The molecule has 0 amide bonds. The summed E-state index contributed by atoms with van der Waals surface area (Å²) in [5.74, 6) is 0.843. The lowest BCUT2D eigenvalue weighted by atomic mass is 9.81. The molecule has 1 nitrogen and oxygen atoms in total. The first kappa shape index (κ1) is 5.72. The molecule has 1 saturated carbocycles. The largest absolute Gasteiger partial charge is 0.375 e. The lowest BCUT2D eigenvalue weighted by Crippen LogP contribution is -2.39. The number of ether oxygens (including phenoxy) is 1. The van der Waals surface area contributed by atoms with Crippen LogP contribution in [0.1, 0.15) is 26.2 Å². The van der Waals surface area contributed by atoms with Gasteiger partial charge in [0.15, 0.2) is 0 Å². The zero-order valence-electron chi connectivity index (χ0n) is 5.84. The fourth-order valence-corrected chi connectivity index (χ4v) is 1.88. The van der Waals surface area contributed by atoms with E-state index in [1.807, 2.05) is 0 Å². The van der Waals surface area contributed by atoms with Crippen molar-refractivity contribution in [2.45, 2.75) is 38.4 Å². The molecule has 1 aliphatic carbocycles. The van der Waals surface area contributed by atoms with Crippen LogP contribution in [0.2, 0.25) is 0 Å². The highest BCUT2D eigenvalue weighted by atomic mass is 16.5. The maximum Gasteiger partial charge on any atom is 0.0610 e. The molecule has 2 aliphatic heterocycles. The minimum Gasteiger partial charge on any atom is -0.375 e. The van der Waals surface area contributed by atoms with Gasteiger partial charge in [-0.05, 0) is 38.5 Å². The summed E-state index contributed by atoms with van der Waals surface area (Å²) in [6.45, 7) is 2.20. The van der Waals surface area contributed by atoms with Crippen molar-refractivity contribution in [3.05, 3.63) is 6.42 Å². The quantitative estimate of drug-likeness (QED) is 0.479. The average Bonchev–Trinajstić information content (AvgIpc) is 1.90. The van der Waals surface area contributed by atoms with Crippen molar-refractivity contribution in [3.8, 4) is 0 Å². The zero-order valence-corrected chi connectivity index (χ0v) is 5.84. The van der Waals surface area contributed by atoms with E-state index in [1.165, 1.54) is 19.3 Å². The van der Waals surface area contributed by atoms with Crippen LogP contribution in [-0.4, -0.2) is 12.2 Å². The molecule has 3 aliphatic rings. The van der Waals surface area contributed by atoms with Gasteiger partial charge in [0.05, 0.1) is 12.2 Å². The third-order valence-corrected chi connectivity index (χ3v) is 2.58. The fraction of sp³-hybridized carbons (Fsp3) is 0.875. The van der Waals surface area contributed by atoms with Crippen molar-refractivity contribution in [1.82, 2.24) is 0 Å². The van der Waals surface area contributed by atoms with Gasteiger partial charge in [-0.2, -0.15) is 0 Å². The smallest absolute Gasteiger partial charge is 0.0610 e. The van der Waals surface area contributed by atoms with E-state index in [0.29, 0.717) is 12.2 Å². The van der Waals surface area contributed by atoms with E-state index in [4.69, 9.17) is 4.74 Å². The van der Waals surface area contributed by atoms with Gasteiger partial charge in [0.1, 0.15) is 0 Å². The third kappa shape index (κ3) is 0.877. The molecule has 1 radical (unpaired) electrons. The molecule has 0 aromatic heterocycles. The van der Waals surface area contributed by atoms with Crippen LogP contribution in [0.5, 0.6) is 0 Å². The van der Waals surface area contributed by atoms with Gasteiger partial charge in [-0.3, -0.25) is 0 Å². The molecule has 0 spiro atoms. The summed E-state index contributed by atoms with van der Waals surface area (Å²) in [4.78, 5) is 0. The average molecular weight is 125 g/mol. The normalized spacial score (nSPS) is 49.7. The maximum atomic E-state index is 5.63. The van der Waals surface area contributed by atoms with Crippen molar-refractivity contribution in [1.29, 1.82) is 0 Å². The van der Waals surface area contributed by atoms with Gasteiger partial charge in [-0.1, -0.05) is 0 Å². The Morgan fingerprint density at radius 3 is 2.56 bits per heavy atom. The molecule has 3 fully saturated rings. The highest BCUT2D eigenvalue weighted by Gasteiger charge is 2.33. The van der Waals surface area contributed by atoms with Gasteiger partial charge in [-0.15, -0.1) is 0 Å². The van der Waals surface area contributed by atoms with Crippen LogP contribution in [0.15, 0.2) is 0 Å². The van der Waals surface area contributed by atoms with Gasteiger partial charge >= 0.3 is 0 Å². The molecule has 2 bridgehead atoms. The lowest BCUT2D eigenvalue weighted by molar-refractivity contribution is -0.0871. The van der Waals surface area contributed by atoms with Crippen molar-refractivity contribution in [2.75, 3.05) is 0 Å². The van der Waals surface area contributed by atoms with E-state index in [2.05, 4.69) is 13.3 Å². The Hall–Kier alpha value is -0.0400. The SMILES string of the molecule is CC1OC2[CH]CC1CC2. The van der Waals surface area contributed by atoms with Crippen molar-refractivity contribution in [2.24, 2.45) is 5.92 Å². The first-order valence-electron chi connectivity index (χ1n) is 3.85. The van der Waals surface area contributed by atoms with E-state index in [9.17, 15) is 0 Å². The minimum atomic E-state index is 0.505. The van der Waals surface area contributed by atoms with Gasteiger partial charge in [-0.25, -0.2) is 0 Å². The molecule has 1 heteroatoms. The molecule has 3 atom stereocenters. The van der Waals surface area contributed by atoms with Gasteiger partial charge < -0.3 is 4.74 Å². The minimum absolute atomic E-state index is 0.505. The highest BCUT2D eigenvalue weighted by Crippen LogP contribution is 2.35. The standard InChI is InChI=1S/C8H13O/c1-6-7-2-4-8(9-6)5-3-7/h4,6-8H,2-3,5H2,1H3. The first-order valence-corrected chi connectivity index (χ1v) is 3.85. The van der Waals surface area contributed by atoms with Crippen LogP contribution < -0.4 is 0 Å². The second-order valence-corrected chi connectivity index (χ2v) is 3.19. The van der Waals surface area contributed by atoms with Crippen LogP contribution in [0, 0.1) is 12.3 Å². The first-order chi connectivity index (χ1) is 4.36. The second-order valence-electron chi connectivity index (χ2n) is 3.19. The lowest BCUT2D eigenvalue weighted by Gasteiger charge is -2.40. The van der Waals surface area contributed by atoms with Crippen LogP contribution >= 0.6 is 0 Å². The monoisotopic (exact) mass is 125 g/mol. The highest BCUT2D eigenvalue weighted by molar-refractivity contribution is 4.93. The zero-order chi connectivity index (χ0) is 6.27. The molecular weight excluding hydrogens is 112 g/mol. The van der Waals surface area contributed by atoms with E-state index >= 15 is 0 Å². The van der Waals surface area contributed by atoms with E-state index < -0.39 is 0 Å². The summed E-state index contributed by atoms with van der Waals surface area (Å²) in [6.07, 6.45) is 7.33. The molecule has 2 saturated heterocycles. The van der Waals surface area contributed by atoms with Crippen LogP contribution in [0.3, 0.4) is 0 Å². The van der Waals surface area contributed by atoms with Crippen molar-refractivity contribution in [3.63, 3.8) is 0 Å². The van der Waals surface area contributed by atoms with Crippen LogP contribution in [0.4, 0.5) is 0 Å². The number of fused-ring (bicyclic) bond motifs is 3. The molecule has 51 valence electrons. The number of hydrogen-bond acceptors (Lipinski definition) is 1. The summed E-state index contributed by atoms with van der Waals surface area (Å²) < 4.78 is 5.63. The molecule has 3 rings (SSSR count). The third-order valence-electron chi connectivity index (χ3n) is 2.58. The molecule has 2 heterocycles. The van der Waals surface area contributed by atoms with Gasteiger partial charge in [0.25, 0.3) is 0 Å². The van der Waals surface area contributed by atoms with Gasteiger partial charge in [0.2, 0.25) is 0 Å². The summed E-state index contributed by atoms with van der Waals surface area (Å²) in [5.41, 5.74) is 0. The summed E-state index contributed by atoms with van der Waals surface area (Å²) >= 11 is 0. The Morgan fingerprint density at radius 2 is 2.33 bits per heavy atom. The molecule has 0 N–H and O–H groups in total. The van der Waals surface area contributed by atoms with Crippen LogP contribution in [-0.2, 0) is 4.74 Å². The Morgan fingerprint density at radius 1 is 1.44 bits per heavy atom. The Bertz CT molecular complexity index is 103. The molecule has 0 aromatic carbocycles. The number of hydrogen-bond donors (Lipinski definition) is 0. The summed E-state index contributed by atoms with van der Waals surface area (Å²) in [7, 11) is 0. The Labute approximate surface area is 56.4 Å². The maximum absolute atomic E-state index is 5.63. The fourth-order valence-electron chi connectivity index (χ4n) is 1.88. The Kier molecular flexibility index (Phi) is 1.26. The predicted octanol–water partition coefficient (Wildman–Crippen LogP) is 1.78. The second kappa shape index (κ2) is 1.98. The molecule has 9 heavy (non-hydrogen) atoms. The summed E-state index contributed by atoms with van der Waals surface area (Å²) in [6, 6.07) is 0. The Balaban J connectivity index is 2.06. The topological polar surface area (TPSA) is 9.23 Å². The van der Waals surface area contributed by atoms with E-state index in [-0.39, 0.29) is 0 Å². The predicted molar refractivity (Wildman–Crippen MR) is 36.0 cm³/mol. The molecule has 0 aromatic rings. The summed E-state index contributed by atoms with van der Waals surface area (Å²) in [5, 5.41) is 0. The number of rotatable bonds is 0. The van der Waals surface area contributed by atoms with E-state index in [0.717, 1.165) is 5.92 Å². The van der Waals surface area contributed by atoms with E-state index in [1.54, 1.807) is 0 Å². The van der Waals surface area contributed by atoms with Gasteiger partial charge in [0, 0.05) is 0 Å². The van der Waals surface area contributed by atoms with Crippen molar-refractivity contribution < 1.29 is 4.74 Å². The molecule has 3 unspecified atom stereocenters. The molecular formula is C8H13O. The van der Waals surface area contributed by atoms with Crippen molar-refractivity contribution >= 4 is 0 Å².